The Morgan fingerprint density at radius 2 is 2.05 bits per heavy atom. The molecule has 4 heterocycles. The van der Waals surface area contributed by atoms with Gasteiger partial charge in [0, 0.05) is 23.5 Å². The Balaban J connectivity index is 1.46. The number of anilines is 1. The largest absolute Gasteiger partial charge is 0.449 e. The van der Waals surface area contributed by atoms with Crippen LogP contribution in [0.2, 0.25) is 0 Å². The zero-order chi connectivity index (χ0) is 26.2. The second-order valence-corrected chi connectivity index (χ2v) is 8.75. The van der Waals surface area contributed by atoms with Crippen molar-refractivity contribution in [2.75, 3.05) is 11.9 Å². The molecule has 0 spiro atoms. The van der Waals surface area contributed by atoms with Gasteiger partial charge in [0.15, 0.2) is 0 Å². The highest BCUT2D eigenvalue weighted by molar-refractivity contribution is 5.79. The number of nitriles is 1. The summed E-state index contributed by atoms with van der Waals surface area (Å²) in [5, 5.41) is 24.4. The lowest BCUT2D eigenvalue weighted by atomic mass is 9.80. The third-order valence-electron chi connectivity index (χ3n) is 6.01. The molecule has 4 aromatic heterocycles. The maximum atomic E-state index is 12.8. The molecule has 4 aromatic rings. The average Bonchev–Trinajstić information content (AvgIpc) is 3.45. The lowest BCUT2D eigenvalue weighted by molar-refractivity contribution is -0.142. The molecule has 3 N–H and O–H groups in total. The van der Waals surface area contributed by atoms with E-state index in [1.165, 1.54) is 18.6 Å². The summed E-state index contributed by atoms with van der Waals surface area (Å²) in [7, 11) is 0. The molecule has 190 valence electrons. The number of carbonyl (C=O) groups is 1. The lowest BCUT2D eigenvalue weighted by Crippen LogP contribution is -2.38. The summed E-state index contributed by atoms with van der Waals surface area (Å²) >= 11 is 0. The van der Waals surface area contributed by atoms with Crippen LogP contribution >= 0.6 is 0 Å². The van der Waals surface area contributed by atoms with Gasteiger partial charge in [-0.25, -0.2) is 14.0 Å². The molecule has 0 radical (unpaired) electrons. The number of nitrogens with two attached hydrogens (primary N) is 1. The first-order valence-electron chi connectivity index (χ1n) is 11.2. The molecule has 0 atom stereocenters. The van der Waals surface area contributed by atoms with Crippen molar-refractivity contribution in [2.24, 2.45) is 11.7 Å². The predicted octanol–water partition coefficient (Wildman–Crippen LogP) is 3.37. The van der Waals surface area contributed by atoms with Crippen LogP contribution < -0.4 is 11.1 Å². The molecule has 1 aliphatic rings. The number of hydrogen-bond donors (Lipinski definition) is 2. The van der Waals surface area contributed by atoms with Crippen molar-refractivity contribution < 1.29 is 22.7 Å². The van der Waals surface area contributed by atoms with Gasteiger partial charge in [-0.2, -0.15) is 23.5 Å². The fraction of sp³-hybridized carbons (Fsp3) is 0.304. The highest BCUT2D eigenvalue weighted by Crippen LogP contribution is 2.36. The number of pyridine rings is 1. The Kier molecular flexibility index (Phi) is 6.12. The lowest BCUT2D eigenvalue weighted by Gasteiger charge is -2.36. The maximum absolute atomic E-state index is 12.8. The second-order valence-electron chi connectivity index (χ2n) is 8.75. The second kappa shape index (κ2) is 9.41. The molecular weight excluding hydrogens is 491 g/mol. The predicted molar refractivity (Wildman–Crippen MR) is 124 cm³/mol. The van der Waals surface area contributed by atoms with Crippen LogP contribution in [0.4, 0.5) is 23.7 Å². The molecule has 1 saturated carbocycles. The molecule has 0 aliphatic heterocycles. The number of amides is 1. The van der Waals surface area contributed by atoms with Gasteiger partial charge in [-0.3, -0.25) is 4.98 Å². The van der Waals surface area contributed by atoms with Crippen molar-refractivity contribution in [2.45, 2.75) is 31.6 Å². The number of hydrogen-bond acceptors (Lipinski definition) is 8. The van der Waals surface area contributed by atoms with Crippen molar-refractivity contribution in [3.05, 3.63) is 48.4 Å². The summed E-state index contributed by atoms with van der Waals surface area (Å²) in [5.74, 6) is 0.149. The molecule has 1 aliphatic carbocycles. The number of primary amides is 1. The number of alkyl halides is 3. The number of halogens is 3. The molecule has 11 nitrogen and oxygen atoms in total. The Bertz CT molecular complexity index is 1500. The molecule has 0 unspecified atom stereocenters. The van der Waals surface area contributed by atoms with Crippen LogP contribution in [-0.2, 0) is 11.3 Å². The van der Waals surface area contributed by atoms with Gasteiger partial charge in [0.05, 0.1) is 41.5 Å². The van der Waals surface area contributed by atoms with E-state index in [1.54, 1.807) is 16.6 Å². The van der Waals surface area contributed by atoms with Crippen molar-refractivity contribution in [1.29, 1.82) is 5.26 Å². The first kappa shape index (κ1) is 24.0. The standard InChI is InChI=1S/C23H20F3N9O2/c24-23(25,26)12-34-10-20(32-33-34)17-9-29-19(21-2-1-16-5-14(7-27)8-30-35(16)21)6-18(17)31-15-3-13(4-15)11-37-22(28)36/h1-2,5-6,8-10,13,15H,3-4,11-12H2,(H2,28,36)(H,29,31). The van der Waals surface area contributed by atoms with E-state index in [-0.39, 0.29) is 24.3 Å². The minimum Gasteiger partial charge on any atom is -0.449 e. The zero-order valence-electron chi connectivity index (χ0n) is 19.2. The van der Waals surface area contributed by atoms with E-state index in [0.29, 0.717) is 46.6 Å². The van der Waals surface area contributed by atoms with E-state index >= 15 is 0 Å². The monoisotopic (exact) mass is 511 g/mol. The van der Waals surface area contributed by atoms with E-state index in [1.807, 2.05) is 12.1 Å². The van der Waals surface area contributed by atoms with Crippen molar-refractivity contribution in [3.8, 4) is 28.7 Å². The molecule has 0 bridgehead atoms. The minimum absolute atomic E-state index is 0.0288. The zero-order valence-corrected chi connectivity index (χ0v) is 19.2. The first-order chi connectivity index (χ1) is 17.7. The van der Waals surface area contributed by atoms with E-state index in [4.69, 9.17) is 15.7 Å². The normalized spacial score (nSPS) is 17.2. The Labute approximate surface area is 207 Å². The van der Waals surface area contributed by atoms with Crippen LogP contribution in [0.1, 0.15) is 18.4 Å². The summed E-state index contributed by atoms with van der Waals surface area (Å²) in [5.41, 5.74) is 8.69. The molecule has 0 saturated heterocycles. The third-order valence-corrected chi connectivity index (χ3v) is 6.01. The molecule has 0 aromatic carbocycles. The number of ether oxygens (including phenoxy) is 1. The first-order valence-corrected chi connectivity index (χ1v) is 11.2. The molecule has 1 fully saturated rings. The summed E-state index contributed by atoms with van der Waals surface area (Å²) in [6.07, 6.45) is 0.346. The summed E-state index contributed by atoms with van der Waals surface area (Å²) < 4.78 is 45.7. The molecule has 5 rings (SSSR count). The maximum Gasteiger partial charge on any atom is 0.408 e. The van der Waals surface area contributed by atoms with Gasteiger partial charge in [-0.1, -0.05) is 5.21 Å². The van der Waals surface area contributed by atoms with E-state index in [0.717, 1.165) is 4.68 Å². The highest BCUT2D eigenvalue weighted by atomic mass is 19.4. The number of fused-ring (bicyclic) bond motifs is 1. The molecular formula is C23H20F3N9O2. The van der Waals surface area contributed by atoms with Crippen LogP contribution in [0, 0.1) is 17.2 Å². The number of aromatic nitrogens is 6. The molecule has 1 amide bonds. The fourth-order valence-electron chi connectivity index (χ4n) is 4.27. The van der Waals surface area contributed by atoms with Crippen LogP contribution in [0.15, 0.2) is 42.9 Å². The van der Waals surface area contributed by atoms with E-state index in [2.05, 4.69) is 31.8 Å². The molecule has 14 heteroatoms. The number of carbonyl (C=O) groups excluding carboxylic acids is 1. The molecule has 37 heavy (non-hydrogen) atoms. The van der Waals surface area contributed by atoms with Gasteiger partial charge in [0.1, 0.15) is 18.3 Å². The van der Waals surface area contributed by atoms with Crippen LogP contribution in [0.25, 0.3) is 28.2 Å². The minimum atomic E-state index is -4.43. The number of nitrogens with one attached hydrogen (secondary N) is 1. The fourth-order valence-corrected chi connectivity index (χ4v) is 4.27. The Morgan fingerprint density at radius 1 is 1.24 bits per heavy atom. The van der Waals surface area contributed by atoms with E-state index < -0.39 is 18.8 Å². The summed E-state index contributed by atoms with van der Waals surface area (Å²) in [4.78, 5) is 15.4. The van der Waals surface area contributed by atoms with Crippen molar-refractivity contribution in [1.82, 2.24) is 29.6 Å². The van der Waals surface area contributed by atoms with Gasteiger partial charge in [-0.15, -0.1) is 5.10 Å². The SMILES string of the molecule is N#Cc1cnn2c(-c3cc(NC4CC(COC(N)=O)C4)c(-c4cn(CC(F)(F)F)nn4)cn3)ccc2c1. The topological polar surface area (TPSA) is 149 Å². The van der Waals surface area contributed by atoms with Gasteiger partial charge in [0.2, 0.25) is 0 Å². The summed E-state index contributed by atoms with van der Waals surface area (Å²) in [6, 6.07) is 9.17. The van der Waals surface area contributed by atoms with Crippen LogP contribution in [-0.4, -0.2) is 54.5 Å². The van der Waals surface area contributed by atoms with Gasteiger partial charge in [0.25, 0.3) is 0 Å². The van der Waals surface area contributed by atoms with Gasteiger partial charge < -0.3 is 15.8 Å². The van der Waals surface area contributed by atoms with Gasteiger partial charge in [-0.05, 0) is 43.0 Å². The van der Waals surface area contributed by atoms with Crippen molar-refractivity contribution in [3.63, 3.8) is 0 Å². The van der Waals surface area contributed by atoms with Crippen LogP contribution in [0.5, 0.6) is 0 Å². The number of nitrogens with zero attached hydrogens (tertiary/aromatic N) is 7. The van der Waals surface area contributed by atoms with Gasteiger partial charge >= 0.3 is 12.3 Å². The number of rotatable bonds is 7. The van der Waals surface area contributed by atoms with E-state index in [9.17, 15) is 18.0 Å². The summed E-state index contributed by atoms with van der Waals surface area (Å²) in [6.45, 7) is -1.04. The quantitative estimate of drug-likeness (QED) is 0.384. The van der Waals surface area contributed by atoms with Crippen LogP contribution in [0.3, 0.4) is 0 Å². The third kappa shape index (κ3) is 5.30. The average molecular weight is 511 g/mol. The smallest absolute Gasteiger partial charge is 0.408 e. The highest BCUT2D eigenvalue weighted by Gasteiger charge is 2.31. The van der Waals surface area contributed by atoms with Crippen molar-refractivity contribution >= 4 is 17.3 Å². The Hall–Kier alpha value is -4.67. The Morgan fingerprint density at radius 3 is 2.78 bits per heavy atom.